The predicted octanol–water partition coefficient (Wildman–Crippen LogP) is 3.42. The monoisotopic (exact) mass is 404 g/mol. The summed E-state index contributed by atoms with van der Waals surface area (Å²) >= 11 is 0. The molecule has 28 heavy (non-hydrogen) atoms. The van der Waals surface area contributed by atoms with Crippen molar-refractivity contribution in [2.75, 3.05) is 13.1 Å². The first kappa shape index (κ1) is 20.5. The van der Waals surface area contributed by atoms with Gasteiger partial charge in [-0.25, -0.2) is 12.8 Å². The molecular weight excluding hydrogens is 379 g/mol. The number of nitrogens with one attached hydrogen (secondary N) is 1. The van der Waals surface area contributed by atoms with Gasteiger partial charge in [-0.1, -0.05) is 44.2 Å². The normalized spacial score (nSPS) is 20.7. The first-order valence-electron chi connectivity index (χ1n) is 9.39. The molecule has 0 aromatic heterocycles. The van der Waals surface area contributed by atoms with Crippen LogP contribution in [0.25, 0.3) is 0 Å². The fourth-order valence-electron chi connectivity index (χ4n) is 3.66. The minimum Gasteiger partial charge on any atom is -0.348 e. The Kier molecular flexibility index (Phi) is 6.15. The standard InChI is InChI=1S/C21H25FN2O3S/c1-15-10-16(2)14-24(13-15)28(26,27)18-8-9-20(22)19(11-18)21(25)23-12-17-6-4-3-5-7-17/h3-9,11,15-16H,10,12-14H2,1-2H3,(H,23,25)/t15-,16-/m1/s1. The molecule has 5 nitrogen and oxygen atoms in total. The molecule has 0 bridgehead atoms. The summed E-state index contributed by atoms with van der Waals surface area (Å²) in [7, 11) is -3.78. The average molecular weight is 405 g/mol. The van der Waals surface area contributed by atoms with Crippen LogP contribution in [0.2, 0.25) is 0 Å². The molecule has 1 amide bonds. The number of nitrogens with zero attached hydrogens (tertiary/aromatic N) is 1. The van der Waals surface area contributed by atoms with E-state index >= 15 is 0 Å². The highest BCUT2D eigenvalue weighted by Crippen LogP contribution is 2.27. The van der Waals surface area contributed by atoms with Crippen LogP contribution in [0, 0.1) is 17.7 Å². The Balaban J connectivity index is 1.81. The van der Waals surface area contributed by atoms with Crippen molar-refractivity contribution in [2.45, 2.75) is 31.7 Å². The highest BCUT2D eigenvalue weighted by atomic mass is 32.2. The van der Waals surface area contributed by atoms with Gasteiger partial charge in [0.25, 0.3) is 5.91 Å². The molecule has 0 spiro atoms. The molecule has 1 aliphatic heterocycles. The van der Waals surface area contributed by atoms with Crippen molar-refractivity contribution < 1.29 is 17.6 Å². The Labute approximate surface area is 165 Å². The molecule has 2 atom stereocenters. The van der Waals surface area contributed by atoms with Gasteiger partial charge in [0.1, 0.15) is 5.82 Å². The molecule has 150 valence electrons. The van der Waals surface area contributed by atoms with Crippen LogP contribution in [0.15, 0.2) is 53.4 Å². The summed E-state index contributed by atoms with van der Waals surface area (Å²) in [5.41, 5.74) is 0.603. The van der Waals surface area contributed by atoms with Gasteiger partial charge in [0.15, 0.2) is 0 Å². The number of amides is 1. The van der Waals surface area contributed by atoms with E-state index in [1.54, 1.807) is 0 Å². The Morgan fingerprint density at radius 3 is 2.39 bits per heavy atom. The number of sulfonamides is 1. The van der Waals surface area contributed by atoms with E-state index < -0.39 is 21.7 Å². The van der Waals surface area contributed by atoms with Crippen molar-refractivity contribution in [2.24, 2.45) is 11.8 Å². The number of piperidine rings is 1. The molecule has 7 heteroatoms. The number of halogens is 1. The molecule has 3 rings (SSSR count). The fraction of sp³-hybridized carbons (Fsp3) is 0.381. The summed E-state index contributed by atoms with van der Waals surface area (Å²) in [5.74, 6) is -0.871. The third kappa shape index (κ3) is 4.59. The first-order chi connectivity index (χ1) is 13.3. The quantitative estimate of drug-likeness (QED) is 0.830. The van der Waals surface area contributed by atoms with Crippen LogP contribution in [0.1, 0.15) is 36.2 Å². The Morgan fingerprint density at radius 1 is 1.11 bits per heavy atom. The van der Waals surface area contributed by atoms with E-state index in [-0.39, 0.29) is 28.8 Å². The van der Waals surface area contributed by atoms with Gasteiger partial charge in [-0.2, -0.15) is 4.31 Å². The van der Waals surface area contributed by atoms with Gasteiger partial charge < -0.3 is 5.32 Å². The molecule has 1 fully saturated rings. The molecule has 0 unspecified atom stereocenters. The van der Waals surface area contributed by atoms with E-state index in [1.165, 1.54) is 10.4 Å². The van der Waals surface area contributed by atoms with Crippen LogP contribution >= 0.6 is 0 Å². The van der Waals surface area contributed by atoms with Crippen LogP contribution in [0.3, 0.4) is 0 Å². The van der Waals surface area contributed by atoms with Gasteiger partial charge in [0.05, 0.1) is 10.5 Å². The molecule has 2 aromatic rings. The summed E-state index contributed by atoms with van der Waals surface area (Å²) in [6, 6.07) is 12.6. The lowest BCUT2D eigenvalue weighted by molar-refractivity contribution is 0.0946. The Bertz CT molecular complexity index is 937. The SMILES string of the molecule is C[C@@H]1C[C@@H](C)CN(S(=O)(=O)c2ccc(F)c(C(=O)NCc3ccccc3)c2)C1. The zero-order valence-electron chi connectivity index (χ0n) is 16.1. The van der Waals surface area contributed by atoms with Gasteiger partial charge >= 0.3 is 0 Å². The summed E-state index contributed by atoms with van der Waals surface area (Å²) in [6.45, 7) is 5.13. The zero-order chi connectivity index (χ0) is 20.3. The van der Waals surface area contributed by atoms with Crippen LogP contribution in [-0.4, -0.2) is 31.7 Å². The second kappa shape index (κ2) is 8.41. The lowest BCUT2D eigenvalue weighted by Crippen LogP contribution is -2.42. The largest absolute Gasteiger partial charge is 0.348 e. The number of rotatable bonds is 5. The van der Waals surface area contributed by atoms with Gasteiger partial charge in [-0.3, -0.25) is 4.79 Å². The molecule has 1 saturated heterocycles. The maximum Gasteiger partial charge on any atom is 0.254 e. The van der Waals surface area contributed by atoms with Crippen LogP contribution < -0.4 is 5.32 Å². The molecule has 1 heterocycles. The minimum absolute atomic E-state index is 0.0555. The molecule has 0 aliphatic carbocycles. The first-order valence-corrected chi connectivity index (χ1v) is 10.8. The summed E-state index contributed by atoms with van der Waals surface area (Å²) in [4.78, 5) is 12.4. The fourth-order valence-corrected chi connectivity index (χ4v) is 5.37. The van der Waals surface area contributed by atoms with E-state index in [4.69, 9.17) is 0 Å². The molecule has 0 saturated carbocycles. The van der Waals surface area contributed by atoms with E-state index in [0.29, 0.717) is 13.1 Å². The molecule has 2 aromatic carbocycles. The van der Waals surface area contributed by atoms with Gasteiger partial charge in [-0.15, -0.1) is 0 Å². The van der Waals surface area contributed by atoms with Crippen molar-refractivity contribution >= 4 is 15.9 Å². The molecule has 1 aliphatic rings. The smallest absolute Gasteiger partial charge is 0.254 e. The minimum atomic E-state index is -3.78. The lowest BCUT2D eigenvalue weighted by atomic mass is 9.94. The maximum absolute atomic E-state index is 14.2. The van der Waals surface area contributed by atoms with Crippen molar-refractivity contribution in [1.82, 2.24) is 9.62 Å². The number of hydrogen-bond donors (Lipinski definition) is 1. The van der Waals surface area contributed by atoms with Crippen molar-refractivity contribution in [3.05, 3.63) is 65.5 Å². The van der Waals surface area contributed by atoms with Crippen molar-refractivity contribution in [1.29, 1.82) is 0 Å². The van der Waals surface area contributed by atoms with E-state index in [2.05, 4.69) is 5.32 Å². The van der Waals surface area contributed by atoms with Crippen LogP contribution in [-0.2, 0) is 16.6 Å². The van der Waals surface area contributed by atoms with Gasteiger partial charge in [-0.05, 0) is 42.0 Å². The maximum atomic E-state index is 14.2. The summed E-state index contributed by atoms with van der Waals surface area (Å²) in [5, 5.41) is 2.64. The number of hydrogen-bond acceptors (Lipinski definition) is 3. The van der Waals surface area contributed by atoms with Crippen molar-refractivity contribution in [3.63, 3.8) is 0 Å². The average Bonchev–Trinajstić information content (AvgIpc) is 2.66. The second-order valence-electron chi connectivity index (χ2n) is 7.58. The molecule has 1 N–H and O–H groups in total. The Hall–Kier alpha value is -2.25. The third-order valence-corrected chi connectivity index (χ3v) is 6.78. The topological polar surface area (TPSA) is 66.5 Å². The lowest BCUT2D eigenvalue weighted by Gasteiger charge is -2.34. The van der Waals surface area contributed by atoms with Crippen molar-refractivity contribution in [3.8, 4) is 0 Å². The van der Waals surface area contributed by atoms with Gasteiger partial charge in [0, 0.05) is 19.6 Å². The zero-order valence-corrected chi connectivity index (χ0v) is 16.9. The molecular formula is C21H25FN2O3S. The van der Waals surface area contributed by atoms with Gasteiger partial charge in [0.2, 0.25) is 10.0 Å². The number of carbonyl (C=O) groups is 1. The highest BCUT2D eigenvalue weighted by Gasteiger charge is 2.32. The number of carbonyl (C=O) groups excluding carboxylic acids is 1. The van der Waals surface area contributed by atoms with Crippen LogP contribution in [0.5, 0.6) is 0 Å². The van der Waals surface area contributed by atoms with Crippen LogP contribution in [0.4, 0.5) is 4.39 Å². The molecule has 0 radical (unpaired) electrons. The highest BCUT2D eigenvalue weighted by molar-refractivity contribution is 7.89. The van der Waals surface area contributed by atoms with E-state index in [9.17, 15) is 17.6 Å². The third-order valence-electron chi connectivity index (χ3n) is 4.95. The summed E-state index contributed by atoms with van der Waals surface area (Å²) < 4.78 is 41.7. The summed E-state index contributed by atoms with van der Waals surface area (Å²) in [6.07, 6.45) is 0.975. The predicted molar refractivity (Wildman–Crippen MR) is 106 cm³/mol. The number of benzene rings is 2. The van der Waals surface area contributed by atoms with E-state index in [1.807, 2.05) is 44.2 Å². The Morgan fingerprint density at radius 2 is 1.75 bits per heavy atom. The van der Waals surface area contributed by atoms with E-state index in [0.717, 1.165) is 24.1 Å². The second-order valence-corrected chi connectivity index (χ2v) is 9.52.